The number of thiazole rings is 1. The number of carbonyl (C=O) groups is 1. The van der Waals surface area contributed by atoms with Crippen LogP contribution in [0.1, 0.15) is 21.0 Å². The van der Waals surface area contributed by atoms with Gasteiger partial charge < -0.3 is 4.42 Å². The Labute approximate surface area is 186 Å². The van der Waals surface area contributed by atoms with Crippen molar-refractivity contribution in [2.24, 2.45) is 0 Å². The molecule has 0 unspecified atom stereocenters. The molecule has 146 valence electrons. The van der Waals surface area contributed by atoms with Crippen molar-refractivity contribution >= 4 is 57.2 Å². The van der Waals surface area contributed by atoms with Gasteiger partial charge in [-0.3, -0.25) is 10.1 Å². The van der Waals surface area contributed by atoms with Gasteiger partial charge in [0.1, 0.15) is 5.76 Å². The zero-order valence-electron chi connectivity index (χ0n) is 14.8. The summed E-state index contributed by atoms with van der Waals surface area (Å²) in [4.78, 5) is 17.7. The Morgan fingerprint density at radius 1 is 1.00 bits per heavy atom. The van der Waals surface area contributed by atoms with Crippen molar-refractivity contribution in [2.75, 3.05) is 5.32 Å². The molecule has 0 radical (unpaired) electrons. The minimum Gasteiger partial charge on any atom is -0.451 e. The predicted octanol–water partition coefficient (Wildman–Crippen LogP) is 7.21. The molecule has 0 aliphatic rings. The highest BCUT2D eigenvalue weighted by atomic mass is 35.5. The van der Waals surface area contributed by atoms with Gasteiger partial charge in [-0.15, -0.1) is 11.3 Å². The molecule has 1 N–H and O–H groups in total. The molecule has 0 bridgehead atoms. The van der Waals surface area contributed by atoms with Crippen molar-refractivity contribution in [2.45, 2.75) is 6.42 Å². The average Bonchev–Trinajstić information content (AvgIpc) is 3.35. The highest BCUT2D eigenvalue weighted by Crippen LogP contribution is 2.28. The minimum atomic E-state index is -0.369. The highest BCUT2D eigenvalue weighted by molar-refractivity contribution is 7.15. The number of amides is 1. The second kappa shape index (κ2) is 8.59. The van der Waals surface area contributed by atoms with Crippen LogP contribution in [0.5, 0.6) is 0 Å². The van der Waals surface area contributed by atoms with Gasteiger partial charge in [-0.1, -0.05) is 34.8 Å². The zero-order valence-corrected chi connectivity index (χ0v) is 17.9. The molecule has 29 heavy (non-hydrogen) atoms. The molecule has 4 nitrogen and oxygen atoms in total. The van der Waals surface area contributed by atoms with Crippen LogP contribution in [0.4, 0.5) is 5.13 Å². The van der Waals surface area contributed by atoms with E-state index < -0.39 is 0 Å². The summed E-state index contributed by atoms with van der Waals surface area (Å²) in [5.74, 6) is 0.415. The smallest absolute Gasteiger partial charge is 0.293 e. The van der Waals surface area contributed by atoms with E-state index >= 15 is 0 Å². The standard InChI is InChI=1S/C21H13Cl3N2O2S/c22-14-3-1-12(2-4-14)18-7-8-19(28-18)20(27)26-21-25-11-16(29-21)10-13-9-15(23)5-6-17(13)24/h1-9,11H,10H2,(H,25,26,27). The van der Waals surface area contributed by atoms with Crippen LogP contribution in [-0.4, -0.2) is 10.9 Å². The number of aromatic nitrogens is 1. The van der Waals surface area contributed by atoms with Gasteiger partial charge in [0.2, 0.25) is 0 Å². The van der Waals surface area contributed by atoms with Crippen LogP contribution in [0.15, 0.2) is 65.2 Å². The molecule has 0 aliphatic carbocycles. The first-order valence-corrected chi connectivity index (χ1v) is 10.5. The number of rotatable bonds is 5. The summed E-state index contributed by atoms with van der Waals surface area (Å²) < 4.78 is 5.66. The average molecular weight is 464 g/mol. The lowest BCUT2D eigenvalue weighted by Gasteiger charge is -2.02. The maximum absolute atomic E-state index is 12.5. The Morgan fingerprint density at radius 2 is 1.76 bits per heavy atom. The molecular formula is C21H13Cl3N2O2S. The summed E-state index contributed by atoms with van der Waals surface area (Å²) in [6.07, 6.45) is 2.28. The third kappa shape index (κ3) is 4.82. The third-order valence-corrected chi connectivity index (χ3v) is 5.87. The lowest BCUT2D eigenvalue weighted by atomic mass is 10.1. The van der Waals surface area contributed by atoms with Gasteiger partial charge in [0.25, 0.3) is 5.91 Å². The van der Waals surface area contributed by atoms with Gasteiger partial charge in [-0.2, -0.15) is 0 Å². The zero-order chi connectivity index (χ0) is 20.4. The number of furan rings is 1. The molecule has 0 atom stereocenters. The number of nitrogens with zero attached hydrogens (tertiary/aromatic N) is 1. The number of nitrogens with one attached hydrogen (secondary N) is 1. The summed E-state index contributed by atoms with van der Waals surface area (Å²) in [5.41, 5.74) is 1.74. The van der Waals surface area contributed by atoms with Crippen LogP contribution in [-0.2, 0) is 6.42 Å². The van der Waals surface area contributed by atoms with Crippen LogP contribution >= 0.6 is 46.1 Å². The van der Waals surface area contributed by atoms with Gasteiger partial charge in [0, 0.05) is 38.1 Å². The summed E-state index contributed by atoms with van der Waals surface area (Å²) in [6.45, 7) is 0. The quantitative estimate of drug-likeness (QED) is 0.340. The Balaban J connectivity index is 1.44. The monoisotopic (exact) mass is 462 g/mol. The maximum Gasteiger partial charge on any atom is 0.293 e. The molecule has 2 heterocycles. The molecule has 0 spiro atoms. The van der Waals surface area contributed by atoms with Crippen molar-refractivity contribution in [3.63, 3.8) is 0 Å². The molecular weight excluding hydrogens is 451 g/mol. The van der Waals surface area contributed by atoms with Crippen LogP contribution in [0.2, 0.25) is 15.1 Å². The Hall–Kier alpha value is -2.31. The first-order valence-electron chi connectivity index (χ1n) is 8.54. The van der Waals surface area contributed by atoms with Gasteiger partial charge in [-0.05, 0) is 60.2 Å². The molecule has 4 rings (SSSR count). The Kier molecular flexibility index (Phi) is 5.92. The highest BCUT2D eigenvalue weighted by Gasteiger charge is 2.15. The molecule has 4 aromatic rings. The molecule has 8 heteroatoms. The fourth-order valence-corrected chi connectivity index (χ4v) is 4.04. The largest absolute Gasteiger partial charge is 0.451 e. The normalized spacial score (nSPS) is 10.9. The summed E-state index contributed by atoms with van der Waals surface area (Å²) in [7, 11) is 0. The molecule has 1 amide bonds. The number of halogens is 3. The van der Waals surface area contributed by atoms with E-state index in [4.69, 9.17) is 39.2 Å². The Bertz CT molecular complexity index is 1170. The van der Waals surface area contributed by atoms with E-state index in [1.165, 1.54) is 11.3 Å². The summed E-state index contributed by atoms with van der Waals surface area (Å²) >= 11 is 19.5. The number of anilines is 1. The van der Waals surface area contributed by atoms with E-state index in [1.54, 1.807) is 42.6 Å². The molecule has 0 aliphatic heterocycles. The first kappa shape index (κ1) is 20.0. The fourth-order valence-electron chi connectivity index (χ4n) is 2.70. The van der Waals surface area contributed by atoms with E-state index in [2.05, 4.69) is 10.3 Å². The van der Waals surface area contributed by atoms with Crippen molar-refractivity contribution < 1.29 is 9.21 Å². The number of benzene rings is 2. The maximum atomic E-state index is 12.5. The van der Waals surface area contributed by atoms with Crippen molar-refractivity contribution in [3.8, 4) is 11.3 Å². The van der Waals surface area contributed by atoms with E-state index in [0.29, 0.717) is 32.4 Å². The van der Waals surface area contributed by atoms with Crippen LogP contribution in [0.3, 0.4) is 0 Å². The topological polar surface area (TPSA) is 55.1 Å². The minimum absolute atomic E-state index is 0.199. The van der Waals surface area contributed by atoms with Crippen LogP contribution in [0, 0.1) is 0 Å². The van der Waals surface area contributed by atoms with Crippen LogP contribution in [0.25, 0.3) is 11.3 Å². The van der Waals surface area contributed by atoms with E-state index in [1.807, 2.05) is 18.2 Å². The fraction of sp³-hybridized carbons (Fsp3) is 0.0476. The predicted molar refractivity (Wildman–Crippen MR) is 118 cm³/mol. The number of hydrogen-bond acceptors (Lipinski definition) is 4. The second-order valence-corrected chi connectivity index (χ2v) is 8.56. The summed E-state index contributed by atoms with van der Waals surface area (Å²) in [5, 5.41) is 5.13. The molecule has 2 aromatic heterocycles. The van der Waals surface area contributed by atoms with Gasteiger partial charge in [-0.25, -0.2) is 4.98 Å². The molecule has 0 saturated carbocycles. The van der Waals surface area contributed by atoms with Crippen molar-refractivity contribution in [3.05, 3.63) is 92.1 Å². The SMILES string of the molecule is O=C(Nc1ncc(Cc2cc(Cl)ccc2Cl)s1)c1ccc(-c2ccc(Cl)cc2)o1. The molecule has 0 fully saturated rings. The van der Waals surface area contributed by atoms with Gasteiger partial charge in [0.15, 0.2) is 10.9 Å². The lowest BCUT2D eigenvalue weighted by molar-refractivity contribution is 0.0997. The van der Waals surface area contributed by atoms with E-state index in [0.717, 1.165) is 16.0 Å². The Morgan fingerprint density at radius 3 is 2.55 bits per heavy atom. The number of carbonyl (C=O) groups excluding carboxylic acids is 1. The van der Waals surface area contributed by atoms with Crippen molar-refractivity contribution in [1.29, 1.82) is 0 Å². The first-order chi connectivity index (χ1) is 14.0. The van der Waals surface area contributed by atoms with Crippen molar-refractivity contribution in [1.82, 2.24) is 4.98 Å². The van der Waals surface area contributed by atoms with Crippen LogP contribution < -0.4 is 5.32 Å². The second-order valence-electron chi connectivity index (χ2n) is 6.17. The number of hydrogen-bond donors (Lipinski definition) is 1. The summed E-state index contributed by atoms with van der Waals surface area (Å²) in [6, 6.07) is 15.9. The lowest BCUT2D eigenvalue weighted by Crippen LogP contribution is -2.10. The van der Waals surface area contributed by atoms with Gasteiger partial charge in [0.05, 0.1) is 0 Å². The molecule has 0 saturated heterocycles. The third-order valence-electron chi connectivity index (χ3n) is 4.11. The van der Waals surface area contributed by atoms with E-state index in [-0.39, 0.29) is 11.7 Å². The van der Waals surface area contributed by atoms with E-state index in [9.17, 15) is 4.79 Å². The molecule has 2 aromatic carbocycles. The van der Waals surface area contributed by atoms with Gasteiger partial charge >= 0.3 is 0 Å².